The maximum absolute atomic E-state index is 12.1. The Bertz CT molecular complexity index is 504. The van der Waals surface area contributed by atoms with E-state index in [9.17, 15) is 14.7 Å². The Morgan fingerprint density at radius 2 is 1.82 bits per heavy atom. The number of aliphatic carboxylic acids is 1. The molecule has 1 aromatic carbocycles. The predicted octanol–water partition coefficient (Wildman–Crippen LogP) is 2.08. The fourth-order valence-electron chi connectivity index (χ4n) is 1.72. The Morgan fingerprint density at radius 3 is 2.27 bits per heavy atom. The SMILES string of the molecule is COc1ccc(C(=O)NC(CCOC(C)(C)C)C(=O)O)cc1. The second-order valence-corrected chi connectivity index (χ2v) is 5.84. The first-order valence-corrected chi connectivity index (χ1v) is 7.04. The predicted molar refractivity (Wildman–Crippen MR) is 82.2 cm³/mol. The molecule has 6 heteroatoms. The van der Waals surface area contributed by atoms with E-state index in [1.54, 1.807) is 24.3 Å². The van der Waals surface area contributed by atoms with E-state index < -0.39 is 17.9 Å². The minimum Gasteiger partial charge on any atom is -0.497 e. The van der Waals surface area contributed by atoms with Crippen LogP contribution in [0.2, 0.25) is 0 Å². The maximum Gasteiger partial charge on any atom is 0.326 e. The molecule has 0 heterocycles. The monoisotopic (exact) mass is 309 g/mol. The number of carbonyl (C=O) groups excluding carboxylic acids is 1. The summed E-state index contributed by atoms with van der Waals surface area (Å²) in [4.78, 5) is 23.3. The van der Waals surface area contributed by atoms with Gasteiger partial charge in [-0.3, -0.25) is 4.79 Å². The van der Waals surface area contributed by atoms with Crippen molar-refractivity contribution in [3.8, 4) is 5.75 Å². The highest BCUT2D eigenvalue weighted by atomic mass is 16.5. The van der Waals surface area contributed by atoms with Crippen LogP contribution in [0.25, 0.3) is 0 Å². The van der Waals surface area contributed by atoms with Crippen LogP contribution >= 0.6 is 0 Å². The number of amides is 1. The second kappa shape index (κ2) is 7.79. The Hall–Kier alpha value is -2.08. The summed E-state index contributed by atoms with van der Waals surface area (Å²) in [5.74, 6) is -0.893. The molecule has 1 unspecified atom stereocenters. The number of methoxy groups -OCH3 is 1. The summed E-state index contributed by atoms with van der Waals surface area (Å²) < 4.78 is 10.5. The largest absolute Gasteiger partial charge is 0.497 e. The van der Waals surface area contributed by atoms with Crippen molar-refractivity contribution < 1.29 is 24.2 Å². The molecule has 6 nitrogen and oxygen atoms in total. The zero-order chi connectivity index (χ0) is 16.8. The van der Waals surface area contributed by atoms with Crippen LogP contribution in [0.4, 0.5) is 0 Å². The number of carboxylic acids is 1. The van der Waals surface area contributed by atoms with Crippen molar-refractivity contribution in [3.05, 3.63) is 29.8 Å². The molecule has 1 rings (SSSR count). The number of ether oxygens (including phenoxy) is 2. The molecule has 0 bridgehead atoms. The summed E-state index contributed by atoms with van der Waals surface area (Å²) >= 11 is 0. The highest BCUT2D eigenvalue weighted by Crippen LogP contribution is 2.12. The molecule has 0 aromatic heterocycles. The van der Waals surface area contributed by atoms with Gasteiger partial charge in [-0.15, -0.1) is 0 Å². The van der Waals surface area contributed by atoms with Crippen LogP contribution < -0.4 is 10.1 Å². The van der Waals surface area contributed by atoms with E-state index in [0.29, 0.717) is 11.3 Å². The molecule has 1 aromatic rings. The summed E-state index contributed by atoms with van der Waals surface area (Å²) in [6, 6.07) is 5.47. The molecule has 0 saturated heterocycles. The van der Waals surface area contributed by atoms with Gasteiger partial charge >= 0.3 is 5.97 Å². The third kappa shape index (κ3) is 6.13. The van der Waals surface area contributed by atoms with Crippen molar-refractivity contribution in [1.82, 2.24) is 5.32 Å². The van der Waals surface area contributed by atoms with Gasteiger partial charge in [-0.1, -0.05) is 0 Å². The molecule has 2 N–H and O–H groups in total. The molecule has 22 heavy (non-hydrogen) atoms. The maximum atomic E-state index is 12.1. The third-order valence-corrected chi connectivity index (χ3v) is 2.90. The molecule has 0 aliphatic carbocycles. The van der Waals surface area contributed by atoms with E-state index >= 15 is 0 Å². The van der Waals surface area contributed by atoms with Crippen LogP contribution in [0.1, 0.15) is 37.6 Å². The van der Waals surface area contributed by atoms with E-state index in [4.69, 9.17) is 9.47 Å². The zero-order valence-electron chi connectivity index (χ0n) is 13.4. The highest BCUT2D eigenvalue weighted by Gasteiger charge is 2.21. The minimum atomic E-state index is -1.08. The summed E-state index contributed by atoms with van der Waals surface area (Å²) in [7, 11) is 1.53. The number of benzene rings is 1. The lowest BCUT2D eigenvalue weighted by Crippen LogP contribution is -2.42. The first-order chi connectivity index (χ1) is 10.2. The first-order valence-electron chi connectivity index (χ1n) is 7.04. The molecule has 0 radical (unpaired) electrons. The smallest absolute Gasteiger partial charge is 0.326 e. The molecule has 0 fully saturated rings. The highest BCUT2D eigenvalue weighted by molar-refractivity contribution is 5.96. The quantitative estimate of drug-likeness (QED) is 0.805. The van der Waals surface area contributed by atoms with Gasteiger partial charge in [0, 0.05) is 18.6 Å². The van der Waals surface area contributed by atoms with Gasteiger partial charge in [0.1, 0.15) is 11.8 Å². The van der Waals surface area contributed by atoms with Crippen molar-refractivity contribution in [3.63, 3.8) is 0 Å². The Kier molecular flexibility index (Phi) is 6.37. The first kappa shape index (κ1) is 18.0. The van der Waals surface area contributed by atoms with E-state index in [2.05, 4.69) is 5.32 Å². The summed E-state index contributed by atoms with van der Waals surface area (Å²) in [6.45, 7) is 5.92. The topological polar surface area (TPSA) is 84.9 Å². The molecular formula is C16H23NO5. The Labute approximate surface area is 130 Å². The summed E-state index contributed by atoms with van der Waals surface area (Å²) in [5.41, 5.74) is 0.0343. The lowest BCUT2D eigenvalue weighted by molar-refractivity contribution is -0.140. The third-order valence-electron chi connectivity index (χ3n) is 2.90. The van der Waals surface area contributed by atoms with Gasteiger partial charge in [0.2, 0.25) is 0 Å². The second-order valence-electron chi connectivity index (χ2n) is 5.84. The van der Waals surface area contributed by atoms with Gasteiger partial charge < -0.3 is 19.9 Å². The van der Waals surface area contributed by atoms with Gasteiger partial charge in [0.05, 0.1) is 12.7 Å². The molecular weight excluding hydrogens is 286 g/mol. The van der Waals surface area contributed by atoms with Crippen LogP contribution in [0.15, 0.2) is 24.3 Å². The van der Waals surface area contributed by atoms with Crippen LogP contribution in [-0.4, -0.2) is 42.3 Å². The Balaban J connectivity index is 2.61. The van der Waals surface area contributed by atoms with Crippen LogP contribution in [0, 0.1) is 0 Å². The minimum absolute atomic E-state index is 0.203. The molecule has 0 aliphatic rings. The average molecular weight is 309 g/mol. The number of nitrogens with one attached hydrogen (secondary N) is 1. The van der Waals surface area contributed by atoms with Gasteiger partial charge in [-0.2, -0.15) is 0 Å². The number of hydrogen-bond acceptors (Lipinski definition) is 4. The van der Waals surface area contributed by atoms with E-state index in [0.717, 1.165) is 0 Å². The molecule has 0 aliphatic heterocycles. The van der Waals surface area contributed by atoms with Gasteiger partial charge in [0.25, 0.3) is 5.91 Å². The van der Waals surface area contributed by atoms with Crippen molar-refractivity contribution in [2.75, 3.05) is 13.7 Å². The molecule has 1 atom stereocenters. The van der Waals surface area contributed by atoms with E-state index in [-0.39, 0.29) is 18.6 Å². The number of hydrogen-bond donors (Lipinski definition) is 2. The summed E-state index contributed by atoms with van der Waals surface area (Å²) in [5, 5.41) is 11.7. The Morgan fingerprint density at radius 1 is 1.23 bits per heavy atom. The number of rotatable bonds is 7. The molecule has 0 saturated carbocycles. The fraction of sp³-hybridized carbons (Fsp3) is 0.500. The van der Waals surface area contributed by atoms with Crippen molar-refractivity contribution in [2.45, 2.75) is 38.8 Å². The fourth-order valence-corrected chi connectivity index (χ4v) is 1.72. The summed E-state index contributed by atoms with van der Waals surface area (Å²) in [6.07, 6.45) is 0.203. The number of carboxylic acid groups (broad SMARTS) is 1. The normalized spacial score (nSPS) is 12.5. The molecule has 0 spiro atoms. The van der Waals surface area contributed by atoms with Gasteiger partial charge in [-0.05, 0) is 45.0 Å². The average Bonchev–Trinajstić information content (AvgIpc) is 2.44. The standard InChI is InChI=1S/C16H23NO5/c1-16(2,3)22-10-9-13(15(19)20)17-14(18)11-5-7-12(21-4)8-6-11/h5-8,13H,9-10H2,1-4H3,(H,17,18)(H,19,20). The lowest BCUT2D eigenvalue weighted by atomic mass is 10.1. The zero-order valence-corrected chi connectivity index (χ0v) is 13.4. The lowest BCUT2D eigenvalue weighted by Gasteiger charge is -2.21. The van der Waals surface area contributed by atoms with Crippen molar-refractivity contribution in [2.24, 2.45) is 0 Å². The van der Waals surface area contributed by atoms with Gasteiger partial charge in [-0.25, -0.2) is 4.79 Å². The van der Waals surface area contributed by atoms with E-state index in [1.807, 2.05) is 20.8 Å². The van der Waals surface area contributed by atoms with E-state index in [1.165, 1.54) is 7.11 Å². The van der Waals surface area contributed by atoms with Crippen LogP contribution in [0.5, 0.6) is 5.75 Å². The molecule has 1 amide bonds. The van der Waals surface area contributed by atoms with Crippen molar-refractivity contribution in [1.29, 1.82) is 0 Å². The van der Waals surface area contributed by atoms with Crippen molar-refractivity contribution >= 4 is 11.9 Å². The molecule has 122 valence electrons. The number of carbonyl (C=O) groups is 2. The van der Waals surface area contributed by atoms with Gasteiger partial charge in [0.15, 0.2) is 0 Å². The van der Waals surface area contributed by atoms with Crippen LogP contribution in [0.3, 0.4) is 0 Å². The van der Waals surface area contributed by atoms with Crippen LogP contribution in [-0.2, 0) is 9.53 Å².